The number of methoxy groups -OCH3 is 1. The molecule has 114 valence electrons. The van der Waals surface area contributed by atoms with Gasteiger partial charge in [0.1, 0.15) is 0 Å². The third kappa shape index (κ3) is 8.97. The fourth-order valence-electron chi connectivity index (χ4n) is 1.86. The van der Waals surface area contributed by atoms with Crippen molar-refractivity contribution in [2.45, 2.75) is 32.7 Å². The summed E-state index contributed by atoms with van der Waals surface area (Å²) in [4.78, 5) is 16.3. The van der Waals surface area contributed by atoms with E-state index in [9.17, 15) is 4.79 Å². The number of carbonyl (C=O) groups is 1. The Hall–Kier alpha value is -0.650. The van der Waals surface area contributed by atoms with Crippen LogP contribution in [0.2, 0.25) is 0 Å². The van der Waals surface area contributed by atoms with E-state index in [1.807, 2.05) is 19.0 Å². The van der Waals surface area contributed by atoms with E-state index in [0.29, 0.717) is 18.9 Å². The van der Waals surface area contributed by atoms with Crippen molar-refractivity contribution in [2.24, 2.45) is 11.7 Å². The third-order valence-electron chi connectivity index (χ3n) is 2.90. The lowest BCUT2D eigenvalue weighted by Crippen LogP contribution is -2.47. The average molecular weight is 273 g/mol. The van der Waals surface area contributed by atoms with Gasteiger partial charge in [-0.05, 0) is 32.9 Å². The zero-order valence-corrected chi connectivity index (χ0v) is 13.2. The molecule has 0 aliphatic rings. The number of ether oxygens (including phenoxy) is 1. The van der Waals surface area contributed by atoms with Crippen LogP contribution >= 0.6 is 0 Å². The Bertz CT molecular complexity index is 245. The summed E-state index contributed by atoms with van der Waals surface area (Å²) in [6.45, 7) is 7.26. The Balaban J connectivity index is 4.34. The molecule has 19 heavy (non-hydrogen) atoms. The predicted octanol–water partition coefficient (Wildman–Crippen LogP) is 0.787. The maximum absolute atomic E-state index is 12.3. The minimum absolute atomic E-state index is 0.0617. The minimum atomic E-state index is -0.406. The van der Waals surface area contributed by atoms with Crippen molar-refractivity contribution in [1.82, 2.24) is 9.80 Å². The Morgan fingerprint density at radius 3 is 2.37 bits per heavy atom. The van der Waals surface area contributed by atoms with Gasteiger partial charge in [0.05, 0.1) is 6.04 Å². The van der Waals surface area contributed by atoms with Gasteiger partial charge in [-0.1, -0.05) is 13.8 Å². The van der Waals surface area contributed by atoms with Gasteiger partial charge in [-0.25, -0.2) is 0 Å². The molecule has 0 rings (SSSR count). The predicted molar refractivity (Wildman–Crippen MR) is 79.1 cm³/mol. The van der Waals surface area contributed by atoms with Crippen LogP contribution in [0.4, 0.5) is 0 Å². The van der Waals surface area contributed by atoms with Crippen molar-refractivity contribution in [3.05, 3.63) is 0 Å². The number of carbonyl (C=O) groups excluding carboxylic acids is 1. The van der Waals surface area contributed by atoms with Gasteiger partial charge in [-0.2, -0.15) is 0 Å². The lowest BCUT2D eigenvalue weighted by Gasteiger charge is -2.28. The summed E-state index contributed by atoms with van der Waals surface area (Å²) >= 11 is 0. The number of rotatable bonds is 10. The van der Waals surface area contributed by atoms with Crippen LogP contribution < -0.4 is 5.73 Å². The highest BCUT2D eigenvalue weighted by Crippen LogP contribution is 2.05. The highest BCUT2D eigenvalue weighted by atomic mass is 16.5. The molecule has 1 atom stereocenters. The molecule has 0 aromatic carbocycles. The Morgan fingerprint density at radius 1 is 1.26 bits per heavy atom. The summed E-state index contributed by atoms with van der Waals surface area (Å²) in [5.41, 5.74) is 5.98. The van der Waals surface area contributed by atoms with E-state index in [1.54, 1.807) is 7.11 Å². The van der Waals surface area contributed by atoms with E-state index >= 15 is 0 Å². The largest absolute Gasteiger partial charge is 0.385 e. The number of amides is 1. The van der Waals surface area contributed by atoms with E-state index in [2.05, 4.69) is 18.7 Å². The van der Waals surface area contributed by atoms with Crippen molar-refractivity contribution in [3.8, 4) is 0 Å². The highest BCUT2D eigenvalue weighted by molar-refractivity contribution is 5.81. The third-order valence-corrected chi connectivity index (χ3v) is 2.90. The molecule has 0 aliphatic heterocycles. The molecule has 0 aromatic heterocycles. The van der Waals surface area contributed by atoms with Gasteiger partial charge in [-0.3, -0.25) is 4.79 Å². The molecular weight excluding hydrogens is 242 g/mol. The number of nitrogens with two attached hydrogens (primary N) is 1. The highest BCUT2D eigenvalue weighted by Gasteiger charge is 2.21. The quantitative estimate of drug-likeness (QED) is 0.598. The van der Waals surface area contributed by atoms with Gasteiger partial charge in [-0.15, -0.1) is 0 Å². The molecule has 1 unspecified atom stereocenters. The van der Waals surface area contributed by atoms with Crippen LogP contribution in [0.5, 0.6) is 0 Å². The summed E-state index contributed by atoms with van der Waals surface area (Å²) in [6.07, 6.45) is 1.51. The molecular formula is C14H31N3O2. The molecule has 0 spiro atoms. The van der Waals surface area contributed by atoms with Crippen LogP contribution in [-0.4, -0.2) is 69.2 Å². The number of nitrogens with zero attached hydrogens (tertiary/aromatic N) is 2. The summed E-state index contributed by atoms with van der Waals surface area (Å²) in [5.74, 6) is 0.518. The van der Waals surface area contributed by atoms with E-state index in [-0.39, 0.29) is 5.91 Å². The van der Waals surface area contributed by atoms with Crippen molar-refractivity contribution in [3.63, 3.8) is 0 Å². The normalized spacial score (nSPS) is 13.1. The van der Waals surface area contributed by atoms with Crippen LogP contribution in [0.15, 0.2) is 0 Å². The van der Waals surface area contributed by atoms with Crippen LogP contribution in [0.1, 0.15) is 26.7 Å². The van der Waals surface area contributed by atoms with Gasteiger partial charge in [0, 0.05) is 33.4 Å². The molecule has 0 bridgehead atoms. The molecule has 1 amide bonds. The summed E-state index contributed by atoms with van der Waals surface area (Å²) in [7, 11) is 5.68. The molecule has 5 nitrogen and oxygen atoms in total. The molecule has 0 aliphatic carbocycles. The van der Waals surface area contributed by atoms with Crippen LogP contribution in [0.25, 0.3) is 0 Å². The second-order valence-corrected chi connectivity index (χ2v) is 5.72. The second-order valence-electron chi connectivity index (χ2n) is 5.72. The van der Waals surface area contributed by atoms with Crippen molar-refractivity contribution in [2.75, 3.05) is 47.4 Å². The summed E-state index contributed by atoms with van der Waals surface area (Å²) in [5, 5.41) is 0. The molecule has 0 saturated heterocycles. The van der Waals surface area contributed by atoms with Crippen molar-refractivity contribution < 1.29 is 9.53 Å². The molecule has 0 heterocycles. The van der Waals surface area contributed by atoms with E-state index in [4.69, 9.17) is 10.5 Å². The number of hydrogen-bond acceptors (Lipinski definition) is 4. The summed E-state index contributed by atoms with van der Waals surface area (Å²) < 4.78 is 4.99. The first kappa shape index (κ1) is 18.4. The van der Waals surface area contributed by atoms with E-state index in [1.165, 1.54) is 0 Å². The maximum Gasteiger partial charge on any atom is 0.239 e. The zero-order valence-electron chi connectivity index (χ0n) is 13.2. The lowest BCUT2D eigenvalue weighted by molar-refractivity contribution is -0.133. The van der Waals surface area contributed by atoms with Crippen LogP contribution in [0, 0.1) is 5.92 Å². The maximum atomic E-state index is 12.3. The standard InChI is InChI=1S/C14H31N3O2/c1-12(2)11-17(9-8-16(3)4)14(18)13(15)7-6-10-19-5/h12-13H,6-11,15H2,1-5H3. The zero-order chi connectivity index (χ0) is 14.8. The fourth-order valence-corrected chi connectivity index (χ4v) is 1.86. The van der Waals surface area contributed by atoms with E-state index < -0.39 is 6.04 Å². The Labute approximate surface area is 118 Å². The van der Waals surface area contributed by atoms with Gasteiger partial charge >= 0.3 is 0 Å². The van der Waals surface area contributed by atoms with Gasteiger partial charge in [0.2, 0.25) is 5.91 Å². The molecule has 0 radical (unpaired) electrons. The molecule has 0 saturated carbocycles. The molecule has 2 N–H and O–H groups in total. The topological polar surface area (TPSA) is 58.8 Å². The first-order chi connectivity index (χ1) is 8.88. The SMILES string of the molecule is COCCCC(N)C(=O)N(CCN(C)C)CC(C)C. The first-order valence-electron chi connectivity index (χ1n) is 7.06. The van der Waals surface area contributed by atoms with Gasteiger partial charge in [0.15, 0.2) is 0 Å². The van der Waals surface area contributed by atoms with Crippen molar-refractivity contribution >= 4 is 5.91 Å². The van der Waals surface area contributed by atoms with Crippen molar-refractivity contribution in [1.29, 1.82) is 0 Å². The Kier molecular flexibility index (Phi) is 9.83. The Morgan fingerprint density at radius 2 is 1.89 bits per heavy atom. The smallest absolute Gasteiger partial charge is 0.239 e. The first-order valence-corrected chi connectivity index (χ1v) is 7.06. The average Bonchev–Trinajstić information content (AvgIpc) is 2.33. The number of hydrogen-bond donors (Lipinski definition) is 1. The molecule has 5 heteroatoms. The van der Waals surface area contributed by atoms with Gasteiger partial charge in [0.25, 0.3) is 0 Å². The monoisotopic (exact) mass is 273 g/mol. The summed E-state index contributed by atoms with van der Waals surface area (Å²) in [6, 6.07) is -0.406. The molecule has 0 aromatic rings. The van der Waals surface area contributed by atoms with Crippen LogP contribution in [0.3, 0.4) is 0 Å². The number of likely N-dealkylation sites (N-methyl/N-ethyl adjacent to an activating group) is 1. The van der Waals surface area contributed by atoms with Crippen LogP contribution in [-0.2, 0) is 9.53 Å². The fraction of sp³-hybridized carbons (Fsp3) is 0.929. The lowest BCUT2D eigenvalue weighted by atomic mass is 10.1. The second kappa shape index (κ2) is 10.2. The minimum Gasteiger partial charge on any atom is -0.385 e. The van der Waals surface area contributed by atoms with E-state index in [0.717, 1.165) is 26.1 Å². The van der Waals surface area contributed by atoms with Gasteiger partial charge < -0.3 is 20.3 Å². The molecule has 0 fully saturated rings.